The number of piperidine rings is 1. The number of rotatable bonds is 4. The van der Waals surface area contributed by atoms with Crippen molar-refractivity contribution >= 4 is 5.91 Å². The first-order valence-corrected chi connectivity index (χ1v) is 9.16. The van der Waals surface area contributed by atoms with Gasteiger partial charge >= 0.3 is 5.69 Å². The Balaban J connectivity index is 1.44. The molecule has 0 radical (unpaired) electrons. The number of aromatic nitrogens is 4. The molecule has 0 bridgehead atoms. The maximum absolute atomic E-state index is 14.1. The van der Waals surface area contributed by atoms with Gasteiger partial charge < -0.3 is 9.42 Å². The number of amides is 1. The van der Waals surface area contributed by atoms with E-state index in [0.717, 1.165) is 12.8 Å². The minimum atomic E-state index is -0.476. The summed E-state index contributed by atoms with van der Waals surface area (Å²) < 4.78 is 20.4. The van der Waals surface area contributed by atoms with Crippen LogP contribution in [0.25, 0.3) is 5.69 Å². The van der Waals surface area contributed by atoms with Crippen molar-refractivity contribution in [1.29, 1.82) is 0 Å². The van der Waals surface area contributed by atoms with E-state index in [9.17, 15) is 14.0 Å². The molecule has 2 aromatic heterocycles. The van der Waals surface area contributed by atoms with Crippen molar-refractivity contribution in [2.24, 2.45) is 5.92 Å². The first-order chi connectivity index (χ1) is 13.5. The summed E-state index contributed by atoms with van der Waals surface area (Å²) in [4.78, 5) is 26.4. The minimum Gasteiger partial charge on any atom is -0.361 e. The van der Waals surface area contributed by atoms with E-state index in [0.29, 0.717) is 36.8 Å². The summed E-state index contributed by atoms with van der Waals surface area (Å²) in [6.45, 7) is 2.92. The van der Waals surface area contributed by atoms with E-state index < -0.39 is 11.5 Å². The molecular formula is C19H20FN5O3. The summed E-state index contributed by atoms with van der Waals surface area (Å²) in [6, 6.07) is 7.75. The number of nitrogens with one attached hydrogen (secondary N) is 1. The molecule has 1 aromatic carbocycles. The zero-order chi connectivity index (χ0) is 19.7. The lowest BCUT2D eigenvalue weighted by Crippen LogP contribution is -2.39. The summed E-state index contributed by atoms with van der Waals surface area (Å²) in [5, 5.41) is 10.3. The molecule has 0 aliphatic carbocycles. The van der Waals surface area contributed by atoms with Gasteiger partial charge in [-0.3, -0.25) is 4.79 Å². The second-order valence-corrected chi connectivity index (χ2v) is 6.99. The molecule has 3 heterocycles. The van der Waals surface area contributed by atoms with E-state index in [1.165, 1.54) is 10.6 Å². The molecule has 1 aliphatic rings. The number of hydrogen-bond donors (Lipinski definition) is 1. The molecule has 1 saturated heterocycles. The molecule has 0 atom stereocenters. The number of likely N-dealkylation sites (tertiary alicyclic amines) is 1. The van der Waals surface area contributed by atoms with Crippen LogP contribution in [-0.4, -0.2) is 43.8 Å². The van der Waals surface area contributed by atoms with Crippen molar-refractivity contribution in [1.82, 2.24) is 24.8 Å². The van der Waals surface area contributed by atoms with Crippen LogP contribution in [0.2, 0.25) is 0 Å². The largest absolute Gasteiger partial charge is 0.361 e. The van der Waals surface area contributed by atoms with E-state index in [1.54, 1.807) is 36.1 Å². The molecule has 1 amide bonds. The van der Waals surface area contributed by atoms with Gasteiger partial charge in [-0.15, -0.1) is 0 Å². The molecule has 28 heavy (non-hydrogen) atoms. The number of aryl methyl sites for hydroxylation is 1. The fraction of sp³-hybridized carbons (Fsp3) is 0.368. The van der Waals surface area contributed by atoms with Crippen LogP contribution in [0.3, 0.4) is 0 Å². The molecule has 146 valence electrons. The van der Waals surface area contributed by atoms with Crippen molar-refractivity contribution in [3.63, 3.8) is 0 Å². The van der Waals surface area contributed by atoms with Gasteiger partial charge in [0, 0.05) is 25.6 Å². The minimum absolute atomic E-state index is 0.140. The Labute approximate surface area is 159 Å². The number of carbonyl (C=O) groups is 1. The molecule has 4 rings (SSSR count). The van der Waals surface area contributed by atoms with E-state index in [4.69, 9.17) is 4.52 Å². The van der Waals surface area contributed by atoms with Crippen LogP contribution in [0.5, 0.6) is 0 Å². The predicted molar refractivity (Wildman–Crippen MR) is 97.7 cm³/mol. The highest BCUT2D eigenvalue weighted by Gasteiger charge is 2.27. The Morgan fingerprint density at radius 3 is 2.75 bits per heavy atom. The van der Waals surface area contributed by atoms with Crippen LogP contribution in [-0.2, 0) is 6.42 Å². The van der Waals surface area contributed by atoms with Gasteiger partial charge in [0.05, 0.1) is 5.69 Å². The lowest BCUT2D eigenvalue weighted by Gasteiger charge is -2.31. The first kappa shape index (κ1) is 18.1. The van der Waals surface area contributed by atoms with Crippen molar-refractivity contribution in [2.45, 2.75) is 26.2 Å². The Morgan fingerprint density at radius 2 is 2.07 bits per heavy atom. The number of halogens is 1. The molecule has 3 aromatic rings. The monoisotopic (exact) mass is 385 g/mol. The highest BCUT2D eigenvalue weighted by molar-refractivity contribution is 5.92. The Morgan fingerprint density at radius 1 is 1.32 bits per heavy atom. The predicted octanol–water partition coefficient (Wildman–Crippen LogP) is 2.09. The van der Waals surface area contributed by atoms with Crippen LogP contribution >= 0.6 is 0 Å². The van der Waals surface area contributed by atoms with Gasteiger partial charge in [0.1, 0.15) is 17.4 Å². The lowest BCUT2D eigenvalue weighted by molar-refractivity contribution is 0.0679. The summed E-state index contributed by atoms with van der Waals surface area (Å²) in [5.74, 6) is 0.715. The summed E-state index contributed by atoms with van der Waals surface area (Å²) in [6.07, 6.45) is 2.06. The third-order valence-corrected chi connectivity index (χ3v) is 5.06. The zero-order valence-electron chi connectivity index (χ0n) is 15.4. The number of aromatic amines is 1. The Kier molecular flexibility index (Phi) is 4.81. The number of hydrogen-bond acceptors (Lipinski definition) is 5. The third kappa shape index (κ3) is 3.47. The van der Waals surface area contributed by atoms with Crippen LogP contribution in [0.1, 0.15) is 34.9 Å². The van der Waals surface area contributed by atoms with Crippen LogP contribution in [0.15, 0.2) is 39.6 Å². The molecule has 0 saturated carbocycles. The van der Waals surface area contributed by atoms with Crippen molar-refractivity contribution in [2.75, 3.05) is 13.1 Å². The van der Waals surface area contributed by atoms with Crippen molar-refractivity contribution in [3.8, 4) is 5.69 Å². The number of benzene rings is 1. The van der Waals surface area contributed by atoms with Crippen LogP contribution < -0.4 is 5.69 Å². The van der Waals surface area contributed by atoms with Gasteiger partial charge in [-0.2, -0.15) is 5.10 Å². The highest BCUT2D eigenvalue weighted by Crippen LogP contribution is 2.23. The number of para-hydroxylation sites is 1. The van der Waals surface area contributed by atoms with E-state index in [2.05, 4.69) is 15.4 Å². The Bertz CT molecular complexity index is 1050. The normalized spacial score (nSPS) is 15.1. The molecule has 1 N–H and O–H groups in total. The topological polar surface area (TPSA) is 97.0 Å². The van der Waals surface area contributed by atoms with Gasteiger partial charge in [0.2, 0.25) is 0 Å². The van der Waals surface area contributed by atoms with Gasteiger partial charge in [0.25, 0.3) is 5.91 Å². The highest BCUT2D eigenvalue weighted by atomic mass is 19.1. The fourth-order valence-electron chi connectivity index (χ4n) is 3.58. The number of H-pyrrole nitrogens is 1. The Hall–Kier alpha value is -3.23. The molecule has 0 spiro atoms. The zero-order valence-corrected chi connectivity index (χ0v) is 15.4. The molecule has 1 aliphatic heterocycles. The number of nitrogens with zero attached hydrogens (tertiary/aromatic N) is 4. The van der Waals surface area contributed by atoms with Gasteiger partial charge in [-0.25, -0.2) is 18.9 Å². The molecule has 8 nitrogen and oxygen atoms in total. The number of carbonyl (C=O) groups excluding carboxylic acids is 1. The van der Waals surface area contributed by atoms with Crippen LogP contribution in [0, 0.1) is 18.7 Å². The second-order valence-electron chi connectivity index (χ2n) is 6.99. The molecule has 1 fully saturated rings. The van der Waals surface area contributed by atoms with Crippen molar-refractivity contribution < 1.29 is 13.7 Å². The van der Waals surface area contributed by atoms with E-state index in [1.807, 2.05) is 0 Å². The fourth-order valence-corrected chi connectivity index (χ4v) is 3.58. The molecule has 0 unspecified atom stereocenters. The summed E-state index contributed by atoms with van der Waals surface area (Å²) in [7, 11) is 0. The quantitative estimate of drug-likeness (QED) is 0.742. The van der Waals surface area contributed by atoms with Crippen molar-refractivity contribution in [3.05, 3.63) is 63.9 Å². The standard InChI is InChI=1S/C19H20FN5O3/c1-12-10-15(23-28-12)18(26)24-8-6-13(7-9-24)11-17-21-22-19(27)25(17)16-5-3-2-4-14(16)20/h2-5,10,13H,6-9,11H2,1H3,(H,22,27). The summed E-state index contributed by atoms with van der Waals surface area (Å²) in [5.41, 5.74) is 0.0380. The van der Waals surface area contributed by atoms with Gasteiger partial charge in [-0.1, -0.05) is 17.3 Å². The first-order valence-electron chi connectivity index (χ1n) is 9.16. The van der Waals surface area contributed by atoms with Gasteiger partial charge in [0.15, 0.2) is 5.69 Å². The van der Waals surface area contributed by atoms with E-state index >= 15 is 0 Å². The molecule has 9 heteroatoms. The smallest absolute Gasteiger partial charge is 0.348 e. The van der Waals surface area contributed by atoms with Crippen LogP contribution in [0.4, 0.5) is 4.39 Å². The third-order valence-electron chi connectivity index (χ3n) is 5.06. The maximum atomic E-state index is 14.1. The summed E-state index contributed by atoms with van der Waals surface area (Å²) >= 11 is 0. The molecular weight excluding hydrogens is 365 g/mol. The maximum Gasteiger partial charge on any atom is 0.348 e. The van der Waals surface area contributed by atoms with E-state index in [-0.39, 0.29) is 17.5 Å². The second kappa shape index (κ2) is 7.41. The average molecular weight is 385 g/mol. The SMILES string of the molecule is Cc1cc(C(=O)N2CCC(Cc3n[nH]c(=O)n3-c3ccccc3F)CC2)no1. The average Bonchev–Trinajstić information content (AvgIpc) is 3.28. The van der Waals surface area contributed by atoms with Gasteiger partial charge in [-0.05, 0) is 37.8 Å². The lowest BCUT2D eigenvalue weighted by atomic mass is 9.93.